The fraction of sp³-hybridized carbons (Fsp3) is 0.167. The second-order valence-electron chi connectivity index (χ2n) is 3.91. The molecule has 3 aromatic heterocycles. The Morgan fingerprint density at radius 3 is 2.94 bits per heavy atom. The molecule has 0 aromatic carbocycles. The molecule has 0 radical (unpaired) electrons. The molecule has 0 fully saturated rings. The Kier molecular flexibility index (Phi) is 2.97. The van der Waals surface area contributed by atoms with Gasteiger partial charge < -0.3 is 4.98 Å². The van der Waals surface area contributed by atoms with Gasteiger partial charge in [0.1, 0.15) is 10.7 Å². The molecule has 0 bridgehead atoms. The Bertz CT molecular complexity index is 743. The van der Waals surface area contributed by atoms with Gasteiger partial charge in [0, 0.05) is 10.9 Å². The topological polar surface area (TPSA) is 45.8 Å². The largest absolute Gasteiger partial charge is 0.309 e. The number of thiophene rings is 2. The van der Waals surface area contributed by atoms with Gasteiger partial charge in [0.25, 0.3) is 5.56 Å². The summed E-state index contributed by atoms with van der Waals surface area (Å²) in [6, 6.07) is 2.00. The fourth-order valence-corrected chi connectivity index (χ4v) is 3.50. The third-order valence-corrected chi connectivity index (χ3v) is 4.43. The van der Waals surface area contributed by atoms with Crippen LogP contribution < -0.4 is 5.56 Å². The first-order valence-corrected chi connectivity index (χ1v) is 7.61. The molecule has 92 valence electrons. The van der Waals surface area contributed by atoms with Gasteiger partial charge in [-0.2, -0.15) is 11.3 Å². The minimum Gasteiger partial charge on any atom is -0.309 e. The molecule has 1 atom stereocenters. The van der Waals surface area contributed by atoms with Gasteiger partial charge in [0.2, 0.25) is 0 Å². The summed E-state index contributed by atoms with van der Waals surface area (Å²) >= 11 is 9.04. The maximum absolute atomic E-state index is 12.1. The zero-order valence-corrected chi connectivity index (χ0v) is 11.8. The normalized spacial score (nSPS) is 13.0. The molecule has 0 saturated carbocycles. The predicted molar refractivity (Wildman–Crippen MR) is 77.8 cm³/mol. The van der Waals surface area contributed by atoms with E-state index in [1.165, 1.54) is 11.3 Å². The number of aromatic amines is 1. The number of alkyl halides is 1. The van der Waals surface area contributed by atoms with E-state index in [1.54, 1.807) is 18.3 Å². The van der Waals surface area contributed by atoms with E-state index in [1.807, 2.05) is 22.2 Å². The molecule has 1 unspecified atom stereocenters. The van der Waals surface area contributed by atoms with Crippen molar-refractivity contribution in [2.24, 2.45) is 0 Å². The van der Waals surface area contributed by atoms with Gasteiger partial charge in [-0.05, 0) is 29.3 Å². The molecule has 3 aromatic rings. The van der Waals surface area contributed by atoms with E-state index in [2.05, 4.69) is 9.97 Å². The lowest BCUT2D eigenvalue weighted by Gasteiger charge is -2.02. The van der Waals surface area contributed by atoms with Gasteiger partial charge in [-0.15, -0.1) is 22.9 Å². The molecule has 3 heterocycles. The van der Waals surface area contributed by atoms with Gasteiger partial charge in [0.05, 0.1) is 10.8 Å². The Balaban J connectivity index is 2.30. The number of nitrogens with one attached hydrogen (secondary N) is 1. The van der Waals surface area contributed by atoms with E-state index >= 15 is 0 Å². The number of hydrogen-bond acceptors (Lipinski definition) is 4. The smallest absolute Gasteiger partial charge is 0.260 e. The third kappa shape index (κ3) is 1.88. The first kappa shape index (κ1) is 11.9. The molecule has 1 N–H and O–H groups in total. The van der Waals surface area contributed by atoms with Crippen LogP contribution in [-0.2, 0) is 0 Å². The van der Waals surface area contributed by atoms with Crippen LogP contribution in [0.5, 0.6) is 0 Å². The van der Waals surface area contributed by atoms with Crippen LogP contribution in [0.4, 0.5) is 0 Å². The van der Waals surface area contributed by atoms with Crippen LogP contribution in [0, 0.1) is 0 Å². The van der Waals surface area contributed by atoms with Crippen LogP contribution in [0.25, 0.3) is 21.3 Å². The molecular weight excluding hydrogens is 288 g/mol. The summed E-state index contributed by atoms with van der Waals surface area (Å²) < 4.78 is 0. The van der Waals surface area contributed by atoms with Crippen molar-refractivity contribution in [1.82, 2.24) is 9.97 Å². The second-order valence-corrected chi connectivity index (χ2v) is 6.20. The van der Waals surface area contributed by atoms with Crippen molar-refractivity contribution in [2.75, 3.05) is 0 Å². The highest BCUT2D eigenvalue weighted by molar-refractivity contribution is 7.17. The standard InChI is InChI=1S/C12H9ClN2OS2/c1-6(13)10-14-11(16)9-8(5-18-12(9)15-10)7-2-3-17-4-7/h2-6H,1H3,(H,14,15,16). The highest BCUT2D eigenvalue weighted by atomic mass is 35.5. The zero-order valence-electron chi connectivity index (χ0n) is 9.44. The van der Waals surface area contributed by atoms with Crippen molar-refractivity contribution in [2.45, 2.75) is 12.3 Å². The SMILES string of the molecule is CC(Cl)c1nc2scc(-c3ccsc3)c2c(=O)[nH]1. The summed E-state index contributed by atoms with van der Waals surface area (Å²) in [5.74, 6) is 0.521. The van der Waals surface area contributed by atoms with Gasteiger partial charge in [-0.3, -0.25) is 4.79 Å². The fourth-order valence-electron chi connectivity index (χ4n) is 1.78. The lowest BCUT2D eigenvalue weighted by Crippen LogP contribution is -2.11. The van der Waals surface area contributed by atoms with Crippen LogP contribution >= 0.6 is 34.3 Å². The van der Waals surface area contributed by atoms with Crippen LogP contribution in [-0.4, -0.2) is 9.97 Å². The first-order chi connectivity index (χ1) is 8.66. The molecule has 0 amide bonds. The highest BCUT2D eigenvalue weighted by Gasteiger charge is 2.14. The summed E-state index contributed by atoms with van der Waals surface area (Å²) in [5.41, 5.74) is 1.88. The maximum atomic E-state index is 12.1. The van der Waals surface area contributed by atoms with Crippen molar-refractivity contribution < 1.29 is 0 Å². The Morgan fingerprint density at radius 1 is 1.44 bits per heavy atom. The van der Waals surface area contributed by atoms with E-state index in [0.717, 1.165) is 16.0 Å². The molecule has 18 heavy (non-hydrogen) atoms. The van der Waals surface area contributed by atoms with Crippen LogP contribution in [0.2, 0.25) is 0 Å². The van der Waals surface area contributed by atoms with E-state index in [9.17, 15) is 4.79 Å². The molecule has 0 aliphatic rings. The number of H-pyrrole nitrogens is 1. The molecular formula is C12H9ClN2OS2. The Labute approximate surface area is 116 Å². The Hall–Kier alpha value is -1.17. The highest BCUT2D eigenvalue weighted by Crippen LogP contribution is 2.32. The van der Waals surface area contributed by atoms with Crippen molar-refractivity contribution in [3.63, 3.8) is 0 Å². The van der Waals surface area contributed by atoms with Gasteiger partial charge in [-0.1, -0.05) is 0 Å². The van der Waals surface area contributed by atoms with Crippen molar-refractivity contribution >= 4 is 44.5 Å². The number of aromatic nitrogens is 2. The molecule has 0 aliphatic carbocycles. The summed E-state index contributed by atoms with van der Waals surface area (Å²) in [6.07, 6.45) is 0. The predicted octanol–water partition coefficient (Wildman–Crippen LogP) is 4.01. The molecule has 6 heteroatoms. The van der Waals surface area contributed by atoms with E-state index in [4.69, 9.17) is 11.6 Å². The van der Waals surface area contributed by atoms with Crippen LogP contribution in [0.15, 0.2) is 27.0 Å². The number of rotatable bonds is 2. The summed E-state index contributed by atoms with van der Waals surface area (Å²) in [5, 5.41) is 6.35. The Morgan fingerprint density at radius 2 is 2.28 bits per heavy atom. The lowest BCUT2D eigenvalue weighted by molar-refractivity contribution is 0.917. The number of halogens is 1. The first-order valence-electron chi connectivity index (χ1n) is 5.35. The number of hydrogen-bond donors (Lipinski definition) is 1. The van der Waals surface area contributed by atoms with Gasteiger partial charge in [-0.25, -0.2) is 4.98 Å². The molecule has 0 spiro atoms. The third-order valence-electron chi connectivity index (χ3n) is 2.67. The van der Waals surface area contributed by atoms with Gasteiger partial charge >= 0.3 is 0 Å². The van der Waals surface area contributed by atoms with Gasteiger partial charge in [0.15, 0.2) is 0 Å². The minimum absolute atomic E-state index is 0.120. The van der Waals surface area contributed by atoms with Crippen molar-refractivity contribution in [3.05, 3.63) is 38.4 Å². The molecule has 3 nitrogen and oxygen atoms in total. The average molecular weight is 297 g/mol. The molecule has 0 saturated heterocycles. The van der Waals surface area contributed by atoms with Crippen molar-refractivity contribution in [3.8, 4) is 11.1 Å². The quantitative estimate of drug-likeness (QED) is 0.726. The summed E-state index contributed by atoms with van der Waals surface area (Å²) in [6.45, 7) is 1.79. The van der Waals surface area contributed by atoms with E-state index in [-0.39, 0.29) is 10.9 Å². The summed E-state index contributed by atoms with van der Waals surface area (Å²) in [7, 11) is 0. The second kappa shape index (κ2) is 4.50. The maximum Gasteiger partial charge on any atom is 0.260 e. The molecule has 3 rings (SSSR count). The lowest BCUT2D eigenvalue weighted by atomic mass is 10.1. The van der Waals surface area contributed by atoms with E-state index in [0.29, 0.717) is 11.2 Å². The molecule has 0 aliphatic heterocycles. The average Bonchev–Trinajstić information content (AvgIpc) is 2.96. The number of fused-ring (bicyclic) bond motifs is 1. The summed E-state index contributed by atoms with van der Waals surface area (Å²) in [4.78, 5) is 20.0. The van der Waals surface area contributed by atoms with Crippen LogP contribution in [0.3, 0.4) is 0 Å². The minimum atomic E-state index is -0.297. The van der Waals surface area contributed by atoms with E-state index < -0.39 is 0 Å². The number of nitrogens with zero attached hydrogens (tertiary/aromatic N) is 1. The van der Waals surface area contributed by atoms with Crippen LogP contribution in [0.1, 0.15) is 18.1 Å². The monoisotopic (exact) mass is 296 g/mol. The zero-order chi connectivity index (χ0) is 12.7. The van der Waals surface area contributed by atoms with Crippen molar-refractivity contribution in [1.29, 1.82) is 0 Å².